The number of rotatable bonds is 9. The van der Waals surface area contributed by atoms with Crippen LogP contribution in [0.2, 0.25) is 0 Å². The molecule has 0 amide bonds. The van der Waals surface area contributed by atoms with Gasteiger partial charge >= 0.3 is 11.7 Å². The van der Waals surface area contributed by atoms with Gasteiger partial charge in [-0.05, 0) is 37.5 Å². The Hall–Kier alpha value is -3.45. The van der Waals surface area contributed by atoms with Crippen LogP contribution in [-0.2, 0) is 28.4 Å². The van der Waals surface area contributed by atoms with Crippen LogP contribution in [0.4, 0.5) is 5.82 Å². The van der Waals surface area contributed by atoms with Gasteiger partial charge in [-0.3, -0.25) is 18.7 Å². The van der Waals surface area contributed by atoms with E-state index in [1.807, 2.05) is 0 Å². The number of nitrogen functional groups attached to an aromatic ring is 1. The van der Waals surface area contributed by atoms with E-state index in [-0.39, 0.29) is 28.6 Å². The van der Waals surface area contributed by atoms with E-state index in [0.717, 1.165) is 40.9 Å². The third-order valence-electron chi connectivity index (χ3n) is 6.23. The van der Waals surface area contributed by atoms with Crippen molar-refractivity contribution in [2.75, 3.05) is 32.5 Å². The number of carbonyl (C=O) groups is 2. The number of benzene rings is 1. The third kappa shape index (κ3) is 5.77. The first kappa shape index (κ1) is 28.1. The molecule has 3 rings (SSSR count). The van der Waals surface area contributed by atoms with Gasteiger partial charge in [0.1, 0.15) is 22.0 Å². The van der Waals surface area contributed by atoms with E-state index in [1.165, 1.54) is 30.6 Å². The second-order valence-corrected chi connectivity index (χ2v) is 10.6. The Balaban J connectivity index is 1.86. The lowest BCUT2D eigenvalue weighted by molar-refractivity contribution is 0.0474. The van der Waals surface area contributed by atoms with Gasteiger partial charge in [0, 0.05) is 26.7 Å². The highest BCUT2D eigenvalue weighted by Crippen LogP contribution is 2.29. The molecule has 12 nitrogen and oxygen atoms in total. The first-order valence-corrected chi connectivity index (χ1v) is 13.5. The molecule has 0 bridgehead atoms. The number of aromatic nitrogens is 2. The molecule has 2 aromatic rings. The van der Waals surface area contributed by atoms with Crippen molar-refractivity contribution >= 4 is 27.6 Å². The maximum absolute atomic E-state index is 13.3. The lowest BCUT2D eigenvalue weighted by Crippen LogP contribution is -2.43. The summed E-state index contributed by atoms with van der Waals surface area (Å²) in [7, 11) is -1.39. The average Bonchev–Trinajstić information content (AvgIpc) is 3.18. The van der Waals surface area contributed by atoms with Crippen molar-refractivity contribution < 1.29 is 27.5 Å². The predicted molar refractivity (Wildman–Crippen MR) is 135 cm³/mol. The van der Waals surface area contributed by atoms with Crippen molar-refractivity contribution in [1.82, 2.24) is 13.4 Å². The van der Waals surface area contributed by atoms with E-state index >= 15 is 0 Å². The first-order chi connectivity index (χ1) is 17.5. The summed E-state index contributed by atoms with van der Waals surface area (Å²) in [5.74, 6) is -2.08. The Kier molecular flexibility index (Phi) is 8.92. The van der Waals surface area contributed by atoms with Gasteiger partial charge in [-0.2, -0.15) is 4.31 Å². The molecule has 2 N–H and O–H groups in total. The molecule has 1 saturated heterocycles. The highest BCUT2D eigenvalue weighted by Gasteiger charge is 2.30. The highest BCUT2D eigenvalue weighted by atomic mass is 32.2. The second kappa shape index (κ2) is 11.7. The van der Waals surface area contributed by atoms with Gasteiger partial charge in [0.25, 0.3) is 5.56 Å². The maximum Gasteiger partial charge on any atom is 0.338 e. The van der Waals surface area contributed by atoms with Gasteiger partial charge in [-0.15, -0.1) is 0 Å². The number of nitrogens with zero attached hydrogens (tertiary/aromatic N) is 3. The molecule has 1 aliphatic heterocycles. The fourth-order valence-corrected chi connectivity index (χ4v) is 5.90. The molecule has 37 heavy (non-hydrogen) atoms. The summed E-state index contributed by atoms with van der Waals surface area (Å²) >= 11 is 0. The number of esters is 1. The number of hydrogen-bond donors (Lipinski definition) is 1. The van der Waals surface area contributed by atoms with E-state index in [2.05, 4.69) is 0 Å². The van der Waals surface area contributed by atoms with Gasteiger partial charge in [-0.1, -0.05) is 19.8 Å². The van der Waals surface area contributed by atoms with Crippen LogP contribution < -0.4 is 21.7 Å². The van der Waals surface area contributed by atoms with Gasteiger partial charge in [0.2, 0.25) is 15.8 Å². The van der Waals surface area contributed by atoms with E-state index in [9.17, 15) is 27.6 Å². The molecule has 13 heteroatoms. The number of carbonyl (C=O) groups excluding carboxylic acids is 2. The SMILES string of the molecule is CCCn1c(N)c(C(=O)COC(=O)c2ccc(OC)c(S(=O)(=O)N3CCCCCC3)c2)c(=O)n(C)c1=O. The quantitative estimate of drug-likeness (QED) is 0.366. The fraction of sp³-hybridized carbons (Fsp3) is 0.500. The molecule has 0 radical (unpaired) electrons. The van der Waals surface area contributed by atoms with E-state index in [4.69, 9.17) is 15.2 Å². The first-order valence-electron chi connectivity index (χ1n) is 12.0. The number of nitrogens with two attached hydrogens (primary N) is 1. The number of ether oxygens (including phenoxy) is 2. The molecule has 0 saturated carbocycles. The lowest BCUT2D eigenvalue weighted by Gasteiger charge is -2.21. The summed E-state index contributed by atoms with van der Waals surface area (Å²) in [5, 5.41) is 0. The van der Waals surface area contributed by atoms with Crippen LogP contribution in [0.5, 0.6) is 5.75 Å². The van der Waals surface area contributed by atoms with E-state index < -0.39 is 45.2 Å². The van der Waals surface area contributed by atoms with Gasteiger partial charge < -0.3 is 15.2 Å². The summed E-state index contributed by atoms with van der Waals surface area (Å²) < 4.78 is 40.2. The Morgan fingerprint density at radius 2 is 1.73 bits per heavy atom. The molecular formula is C24H32N4O8S. The van der Waals surface area contributed by atoms with Crippen LogP contribution in [-0.4, -0.2) is 60.4 Å². The van der Waals surface area contributed by atoms with Crippen LogP contribution in [0, 0.1) is 0 Å². The molecular weight excluding hydrogens is 504 g/mol. The Labute approximate surface area is 214 Å². The van der Waals surface area contributed by atoms with Crippen molar-refractivity contribution in [3.8, 4) is 5.75 Å². The molecule has 202 valence electrons. The number of hydrogen-bond acceptors (Lipinski definition) is 9. The van der Waals surface area contributed by atoms with Crippen molar-refractivity contribution in [2.24, 2.45) is 7.05 Å². The highest BCUT2D eigenvalue weighted by molar-refractivity contribution is 7.89. The van der Waals surface area contributed by atoms with Crippen molar-refractivity contribution in [3.63, 3.8) is 0 Å². The Morgan fingerprint density at radius 1 is 1.08 bits per heavy atom. The van der Waals surface area contributed by atoms with E-state index in [0.29, 0.717) is 19.5 Å². The molecule has 0 atom stereocenters. The minimum absolute atomic E-state index is 0.0753. The van der Waals surface area contributed by atoms with Gasteiger partial charge in [0.15, 0.2) is 6.61 Å². The normalized spacial score (nSPS) is 14.7. The molecule has 0 unspecified atom stereocenters. The minimum atomic E-state index is -3.95. The fourth-order valence-electron chi connectivity index (χ4n) is 4.20. The Morgan fingerprint density at radius 3 is 2.32 bits per heavy atom. The summed E-state index contributed by atoms with van der Waals surface area (Å²) in [6, 6.07) is 3.82. The molecule has 2 heterocycles. The lowest BCUT2D eigenvalue weighted by atomic mass is 10.2. The predicted octanol–water partition coefficient (Wildman–Crippen LogP) is 1.15. The number of Topliss-reactive ketones (excluding diaryl/α,β-unsaturated/α-hetero) is 1. The molecule has 0 spiro atoms. The number of anilines is 1. The summed E-state index contributed by atoms with van der Waals surface area (Å²) in [6.45, 7) is 1.90. The van der Waals surface area contributed by atoms with Crippen LogP contribution in [0.15, 0.2) is 32.7 Å². The van der Waals surface area contributed by atoms with Crippen molar-refractivity contribution in [1.29, 1.82) is 0 Å². The minimum Gasteiger partial charge on any atom is -0.495 e. The molecule has 1 fully saturated rings. The third-order valence-corrected chi connectivity index (χ3v) is 8.15. The van der Waals surface area contributed by atoms with Crippen molar-refractivity contribution in [2.45, 2.75) is 50.5 Å². The number of ketones is 1. The summed E-state index contributed by atoms with van der Waals surface area (Å²) in [5.41, 5.74) is 3.82. The second-order valence-electron chi connectivity index (χ2n) is 8.74. The molecule has 0 aliphatic carbocycles. The topological polar surface area (TPSA) is 160 Å². The average molecular weight is 537 g/mol. The number of methoxy groups -OCH3 is 1. The maximum atomic E-state index is 13.3. The van der Waals surface area contributed by atoms with Crippen molar-refractivity contribution in [3.05, 3.63) is 50.2 Å². The van der Waals surface area contributed by atoms with Gasteiger partial charge in [0.05, 0.1) is 12.7 Å². The zero-order valence-corrected chi connectivity index (χ0v) is 22.0. The number of sulfonamides is 1. The van der Waals surface area contributed by atoms with Crippen LogP contribution in [0.25, 0.3) is 0 Å². The largest absolute Gasteiger partial charge is 0.495 e. The van der Waals surface area contributed by atoms with Crippen LogP contribution >= 0.6 is 0 Å². The molecule has 1 aromatic heterocycles. The van der Waals surface area contributed by atoms with Gasteiger partial charge in [-0.25, -0.2) is 18.0 Å². The zero-order valence-electron chi connectivity index (χ0n) is 21.2. The Bertz CT molecular complexity index is 1400. The summed E-state index contributed by atoms with van der Waals surface area (Å²) in [4.78, 5) is 50.2. The monoisotopic (exact) mass is 536 g/mol. The summed E-state index contributed by atoms with van der Waals surface area (Å²) in [6.07, 6.45) is 3.88. The standard InChI is InChI=1S/C24H32N4O8S/c1-4-11-28-21(25)20(22(30)26(2)24(28)32)17(29)15-36-23(31)16-9-10-18(35-3)19(14-16)37(33,34)27-12-7-5-6-8-13-27/h9-10,14H,4-8,11-13,15,25H2,1-3H3. The van der Waals surface area contributed by atoms with E-state index in [1.54, 1.807) is 6.92 Å². The van der Waals surface area contributed by atoms with Crippen LogP contribution in [0.1, 0.15) is 59.7 Å². The molecule has 1 aromatic carbocycles. The smallest absolute Gasteiger partial charge is 0.338 e. The zero-order chi connectivity index (χ0) is 27.3. The molecule has 1 aliphatic rings. The van der Waals surface area contributed by atoms with Crippen LogP contribution in [0.3, 0.4) is 0 Å².